The van der Waals surface area contributed by atoms with Crippen LogP contribution in [-0.4, -0.2) is 61.7 Å². The van der Waals surface area contributed by atoms with Crippen LogP contribution in [0.15, 0.2) is 0 Å². The number of nitrogens with zero attached hydrogens (tertiary/aromatic N) is 2. The molecule has 0 aromatic heterocycles. The van der Waals surface area contributed by atoms with Crippen LogP contribution in [0.1, 0.15) is 53.4 Å². The van der Waals surface area contributed by atoms with Crippen LogP contribution in [0.2, 0.25) is 0 Å². The van der Waals surface area contributed by atoms with E-state index in [9.17, 15) is 0 Å². The third-order valence-corrected chi connectivity index (χ3v) is 4.95. The van der Waals surface area contributed by atoms with E-state index in [1.54, 1.807) is 0 Å². The van der Waals surface area contributed by atoms with Crippen molar-refractivity contribution in [3.8, 4) is 0 Å². The molecule has 0 spiro atoms. The van der Waals surface area contributed by atoms with Crippen molar-refractivity contribution in [3.05, 3.63) is 0 Å². The summed E-state index contributed by atoms with van der Waals surface area (Å²) in [6.07, 6.45) is 5.41. The summed E-state index contributed by atoms with van der Waals surface area (Å²) in [7, 11) is 0. The van der Waals surface area contributed by atoms with E-state index in [1.807, 2.05) is 0 Å². The minimum Gasteiger partial charge on any atom is -0.313 e. The van der Waals surface area contributed by atoms with Gasteiger partial charge in [-0.05, 0) is 64.4 Å². The Kier molecular flexibility index (Phi) is 9.49. The molecule has 1 aliphatic heterocycles. The van der Waals surface area contributed by atoms with Crippen LogP contribution < -0.4 is 5.32 Å². The molecule has 1 saturated heterocycles. The Morgan fingerprint density at radius 1 is 0.950 bits per heavy atom. The molecule has 2 unspecified atom stereocenters. The van der Waals surface area contributed by atoms with Crippen molar-refractivity contribution in [2.45, 2.75) is 59.4 Å². The first-order valence-electron chi connectivity index (χ1n) is 8.91. The van der Waals surface area contributed by atoms with Crippen LogP contribution in [-0.2, 0) is 0 Å². The lowest BCUT2D eigenvalue weighted by Gasteiger charge is -2.34. The van der Waals surface area contributed by atoms with E-state index >= 15 is 0 Å². The Hall–Kier alpha value is -0.120. The molecule has 0 aromatic rings. The van der Waals surface area contributed by atoms with Gasteiger partial charge in [0.05, 0.1) is 0 Å². The second kappa shape index (κ2) is 10.6. The molecule has 3 heteroatoms. The Morgan fingerprint density at radius 3 is 2.20 bits per heavy atom. The highest BCUT2D eigenvalue weighted by atomic mass is 15.2. The molecule has 1 aliphatic rings. The van der Waals surface area contributed by atoms with E-state index in [1.165, 1.54) is 71.5 Å². The summed E-state index contributed by atoms with van der Waals surface area (Å²) in [5, 5.41) is 3.72. The minimum absolute atomic E-state index is 0.724. The fourth-order valence-corrected chi connectivity index (χ4v) is 3.35. The van der Waals surface area contributed by atoms with Crippen LogP contribution in [0.4, 0.5) is 0 Å². The van der Waals surface area contributed by atoms with Crippen molar-refractivity contribution < 1.29 is 0 Å². The highest BCUT2D eigenvalue weighted by molar-refractivity contribution is 4.80. The maximum Gasteiger partial charge on any atom is 0.0197 e. The smallest absolute Gasteiger partial charge is 0.0197 e. The van der Waals surface area contributed by atoms with Crippen molar-refractivity contribution in [1.82, 2.24) is 15.1 Å². The predicted molar refractivity (Wildman–Crippen MR) is 89.3 cm³/mol. The Morgan fingerprint density at radius 2 is 1.60 bits per heavy atom. The highest BCUT2D eigenvalue weighted by Gasteiger charge is 2.21. The summed E-state index contributed by atoms with van der Waals surface area (Å²) < 4.78 is 0. The molecule has 0 saturated carbocycles. The van der Waals surface area contributed by atoms with Gasteiger partial charge in [0.2, 0.25) is 0 Å². The largest absolute Gasteiger partial charge is 0.313 e. The minimum atomic E-state index is 0.724. The zero-order valence-electron chi connectivity index (χ0n) is 14.3. The average molecular weight is 284 g/mol. The first kappa shape index (κ1) is 17.9. The molecule has 1 fully saturated rings. The van der Waals surface area contributed by atoms with Crippen LogP contribution >= 0.6 is 0 Å². The topological polar surface area (TPSA) is 18.5 Å². The number of nitrogens with one attached hydrogen (secondary N) is 1. The van der Waals surface area contributed by atoms with Gasteiger partial charge in [-0.25, -0.2) is 0 Å². The molecular weight excluding hydrogens is 246 g/mol. The Bertz CT molecular complexity index is 228. The predicted octanol–water partition coefficient (Wildman–Crippen LogP) is 2.82. The fraction of sp³-hybridized carbons (Fsp3) is 1.00. The molecule has 0 bridgehead atoms. The summed E-state index contributed by atoms with van der Waals surface area (Å²) in [4.78, 5) is 5.17. The molecule has 0 radical (unpaired) electrons. The summed E-state index contributed by atoms with van der Waals surface area (Å²) in [5.41, 5.74) is 0. The zero-order valence-corrected chi connectivity index (χ0v) is 14.3. The molecule has 3 nitrogen and oxygen atoms in total. The standard InChI is InChI=1S/C17H37N3/c1-5-16-10-11-18-17(14-16)15-20(8-4)13-9-12-19(6-2)7-3/h16-18H,5-15H2,1-4H3. The second-order valence-corrected chi connectivity index (χ2v) is 6.22. The van der Waals surface area contributed by atoms with Crippen LogP contribution in [0.3, 0.4) is 0 Å². The monoisotopic (exact) mass is 283 g/mol. The van der Waals surface area contributed by atoms with Gasteiger partial charge in [-0.2, -0.15) is 0 Å². The lowest BCUT2D eigenvalue weighted by molar-refractivity contribution is 0.194. The van der Waals surface area contributed by atoms with Crippen molar-refractivity contribution in [1.29, 1.82) is 0 Å². The first-order chi connectivity index (χ1) is 9.73. The van der Waals surface area contributed by atoms with Gasteiger partial charge in [0.15, 0.2) is 0 Å². The number of rotatable bonds is 10. The van der Waals surface area contributed by atoms with Crippen molar-refractivity contribution >= 4 is 0 Å². The van der Waals surface area contributed by atoms with Gasteiger partial charge >= 0.3 is 0 Å². The van der Waals surface area contributed by atoms with Crippen LogP contribution in [0, 0.1) is 5.92 Å². The van der Waals surface area contributed by atoms with E-state index in [4.69, 9.17) is 0 Å². The lowest BCUT2D eigenvalue weighted by atomic mass is 9.90. The molecule has 0 aliphatic carbocycles. The number of hydrogen-bond donors (Lipinski definition) is 1. The SMILES string of the molecule is CCC1CCNC(CN(CC)CCCN(CC)CC)C1. The Balaban J connectivity index is 2.24. The molecule has 2 atom stereocenters. The van der Waals surface area contributed by atoms with Crippen molar-refractivity contribution in [2.75, 3.05) is 45.8 Å². The zero-order chi connectivity index (χ0) is 14.8. The fourth-order valence-electron chi connectivity index (χ4n) is 3.35. The van der Waals surface area contributed by atoms with E-state index in [-0.39, 0.29) is 0 Å². The van der Waals surface area contributed by atoms with Crippen LogP contribution in [0.25, 0.3) is 0 Å². The quantitative estimate of drug-likeness (QED) is 0.665. The number of piperidine rings is 1. The van der Waals surface area contributed by atoms with Gasteiger partial charge in [0, 0.05) is 12.6 Å². The summed E-state index contributed by atoms with van der Waals surface area (Å²) in [5.74, 6) is 0.954. The maximum absolute atomic E-state index is 3.72. The molecular formula is C17H37N3. The van der Waals surface area contributed by atoms with E-state index < -0.39 is 0 Å². The molecule has 1 heterocycles. The van der Waals surface area contributed by atoms with Crippen molar-refractivity contribution in [3.63, 3.8) is 0 Å². The average Bonchev–Trinajstić information content (AvgIpc) is 2.50. The molecule has 0 amide bonds. The highest BCUT2D eigenvalue weighted by Crippen LogP contribution is 2.19. The van der Waals surface area contributed by atoms with Gasteiger partial charge < -0.3 is 15.1 Å². The van der Waals surface area contributed by atoms with Crippen LogP contribution in [0.5, 0.6) is 0 Å². The number of likely N-dealkylation sites (N-methyl/N-ethyl adjacent to an activating group) is 1. The lowest BCUT2D eigenvalue weighted by Crippen LogP contribution is -2.46. The van der Waals surface area contributed by atoms with E-state index in [0.29, 0.717) is 0 Å². The molecule has 1 rings (SSSR count). The van der Waals surface area contributed by atoms with Gasteiger partial charge in [-0.1, -0.05) is 34.1 Å². The molecule has 1 N–H and O–H groups in total. The van der Waals surface area contributed by atoms with Crippen molar-refractivity contribution in [2.24, 2.45) is 5.92 Å². The summed E-state index contributed by atoms with van der Waals surface area (Å²) in [6.45, 7) is 17.7. The third kappa shape index (κ3) is 6.55. The first-order valence-corrected chi connectivity index (χ1v) is 8.91. The Labute approximate surface area is 127 Å². The van der Waals surface area contributed by atoms with E-state index in [0.717, 1.165) is 12.0 Å². The summed E-state index contributed by atoms with van der Waals surface area (Å²) in [6, 6.07) is 0.724. The number of hydrogen-bond acceptors (Lipinski definition) is 3. The second-order valence-electron chi connectivity index (χ2n) is 6.22. The molecule has 120 valence electrons. The summed E-state index contributed by atoms with van der Waals surface area (Å²) >= 11 is 0. The van der Waals surface area contributed by atoms with Gasteiger partial charge in [-0.3, -0.25) is 0 Å². The normalized spacial score (nSPS) is 23.7. The third-order valence-electron chi connectivity index (χ3n) is 4.95. The van der Waals surface area contributed by atoms with Gasteiger partial charge in [0.25, 0.3) is 0 Å². The maximum atomic E-state index is 3.72. The molecule has 0 aromatic carbocycles. The molecule has 20 heavy (non-hydrogen) atoms. The van der Waals surface area contributed by atoms with E-state index in [2.05, 4.69) is 42.8 Å². The van der Waals surface area contributed by atoms with Gasteiger partial charge in [-0.15, -0.1) is 0 Å². The van der Waals surface area contributed by atoms with Gasteiger partial charge in [0.1, 0.15) is 0 Å².